The lowest BCUT2D eigenvalue weighted by Crippen LogP contribution is -2.14. The summed E-state index contributed by atoms with van der Waals surface area (Å²) in [6.07, 6.45) is 0.867. The highest BCUT2D eigenvalue weighted by Gasteiger charge is 1.89. The molecule has 0 saturated carbocycles. The Kier molecular flexibility index (Phi) is 3.12. The monoisotopic (exact) mass is 155 g/mol. The number of hydrogen-bond acceptors (Lipinski definition) is 3. The molecule has 10 heavy (non-hydrogen) atoms. The summed E-state index contributed by atoms with van der Waals surface area (Å²) < 4.78 is 0. The Balaban J connectivity index is 2.21. The van der Waals surface area contributed by atoms with Crippen LogP contribution in [0, 0.1) is 0 Å². The van der Waals surface area contributed by atoms with Gasteiger partial charge in [-0.3, -0.25) is 0 Å². The Bertz CT molecular complexity index is 183. The molecule has 1 aromatic heterocycles. The smallest absolute Gasteiger partial charge is 0.133 e. The first-order chi connectivity index (χ1) is 4.93. The van der Waals surface area contributed by atoms with Gasteiger partial charge in [-0.05, 0) is 22.4 Å². The molecule has 1 rings (SSSR count). The summed E-state index contributed by atoms with van der Waals surface area (Å²) in [5, 5.41) is 7.07. The van der Waals surface area contributed by atoms with Gasteiger partial charge in [0.15, 0.2) is 0 Å². The number of rotatable bonds is 4. The first-order valence-corrected chi connectivity index (χ1v) is 4.03. The van der Waals surface area contributed by atoms with E-state index in [4.69, 9.17) is 0 Å². The standard InChI is InChI=1S/C7H9NOS/c9-3-2-8-5-7-1-4-10-6-7/h1,3-4,6,8H,2,5H2. The molecule has 1 heterocycles. The molecule has 0 fully saturated rings. The van der Waals surface area contributed by atoms with E-state index in [1.54, 1.807) is 11.3 Å². The molecule has 54 valence electrons. The third-order valence-electron chi connectivity index (χ3n) is 1.14. The fourth-order valence-corrected chi connectivity index (χ4v) is 1.34. The van der Waals surface area contributed by atoms with Crippen molar-refractivity contribution in [2.24, 2.45) is 0 Å². The Morgan fingerprint density at radius 2 is 2.60 bits per heavy atom. The normalized spacial score (nSPS) is 9.60. The molecule has 0 aliphatic heterocycles. The minimum Gasteiger partial charge on any atom is -0.306 e. The van der Waals surface area contributed by atoms with Crippen molar-refractivity contribution < 1.29 is 4.79 Å². The molecule has 0 radical (unpaired) electrons. The second-order valence-electron chi connectivity index (χ2n) is 1.93. The molecule has 1 N–H and O–H groups in total. The van der Waals surface area contributed by atoms with Gasteiger partial charge in [-0.2, -0.15) is 11.3 Å². The van der Waals surface area contributed by atoms with Gasteiger partial charge in [0.2, 0.25) is 0 Å². The molecule has 0 aliphatic carbocycles. The first kappa shape index (κ1) is 7.44. The predicted octanol–water partition coefficient (Wildman–Crippen LogP) is 1.04. The minimum atomic E-state index is 0.440. The molecule has 0 saturated heterocycles. The van der Waals surface area contributed by atoms with Crippen molar-refractivity contribution in [3.63, 3.8) is 0 Å². The molecular formula is C7H9NOS. The molecule has 2 nitrogen and oxygen atoms in total. The number of carbonyl (C=O) groups is 1. The molecule has 0 unspecified atom stereocenters. The fourth-order valence-electron chi connectivity index (χ4n) is 0.669. The Morgan fingerprint density at radius 3 is 3.20 bits per heavy atom. The zero-order valence-electron chi connectivity index (χ0n) is 5.54. The van der Waals surface area contributed by atoms with Crippen LogP contribution in [0.3, 0.4) is 0 Å². The highest BCUT2D eigenvalue weighted by atomic mass is 32.1. The highest BCUT2D eigenvalue weighted by molar-refractivity contribution is 7.07. The lowest BCUT2D eigenvalue weighted by atomic mass is 10.3. The average Bonchev–Trinajstić information content (AvgIpc) is 2.41. The fraction of sp³-hybridized carbons (Fsp3) is 0.286. The summed E-state index contributed by atoms with van der Waals surface area (Å²) in [6.45, 7) is 1.23. The Hall–Kier alpha value is -0.670. The zero-order valence-corrected chi connectivity index (χ0v) is 6.36. The van der Waals surface area contributed by atoms with Crippen LogP contribution in [-0.4, -0.2) is 12.8 Å². The molecule has 0 atom stereocenters. The van der Waals surface area contributed by atoms with E-state index in [2.05, 4.69) is 10.7 Å². The lowest BCUT2D eigenvalue weighted by molar-refractivity contribution is -0.107. The third-order valence-corrected chi connectivity index (χ3v) is 1.87. The summed E-state index contributed by atoms with van der Waals surface area (Å²) in [5.74, 6) is 0. The van der Waals surface area contributed by atoms with Crippen molar-refractivity contribution >= 4 is 17.6 Å². The highest BCUT2D eigenvalue weighted by Crippen LogP contribution is 2.04. The zero-order chi connectivity index (χ0) is 7.23. The van der Waals surface area contributed by atoms with Crippen LogP contribution in [0.2, 0.25) is 0 Å². The van der Waals surface area contributed by atoms with Gasteiger partial charge < -0.3 is 10.1 Å². The van der Waals surface area contributed by atoms with Crippen LogP contribution in [-0.2, 0) is 11.3 Å². The van der Waals surface area contributed by atoms with Crippen molar-refractivity contribution in [3.8, 4) is 0 Å². The average molecular weight is 155 g/mol. The van der Waals surface area contributed by atoms with Crippen molar-refractivity contribution in [1.29, 1.82) is 0 Å². The van der Waals surface area contributed by atoms with Crippen LogP contribution in [0.5, 0.6) is 0 Å². The summed E-state index contributed by atoms with van der Waals surface area (Å²) in [4.78, 5) is 9.87. The number of carbonyl (C=O) groups excluding carboxylic acids is 1. The van der Waals surface area contributed by atoms with Gasteiger partial charge in [0, 0.05) is 6.54 Å². The van der Waals surface area contributed by atoms with Crippen LogP contribution in [0.1, 0.15) is 5.56 Å². The number of nitrogens with one attached hydrogen (secondary N) is 1. The molecule has 0 amide bonds. The maximum Gasteiger partial charge on any atom is 0.133 e. The van der Waals surface area contributed by atoms with Gasteiger partial charge in [-0.1, -0.05) is 0 Å². The molecule has 3 heteroatoms. The van der Waals surface area contributed by atoms with Gasteiger partial charge in [0.1, 0.15) is 6.29 Å². The van der Waals surface area contributed by atoms with E-state index in [9.17, 15) is 4.79 Å². The molecular weight excluding hydrogens is 146 g/mol. The van der Waals surface area contributed by atoms with E-state index < -0.39 is 0 Å². The van der Waals surface area contributed by atoms with E-state index in [0.717, 1.165) is 12.8 Å². The number of thiophene rings is 1. The molecule has 0 bridgehead atoms. The molecule has 0 aromatic carbocycles. The largest absolute Gasteiger partial charge is 0.306 e. The lowest BCUT2D eigenvalue weighted by Gasteiger charge is -1.94. The predicted molar refractivity (Wildman–Crippen MR) is 42.1 cm³/mol. The van der Waals surface area contributed by atoms with Gasteiger partial charge in [-0.25, -0.2) is 0 Å². The van der Waals surface area contributed by atoms with E-state index in [1.807, 2.05) is 11.4 Å². The Labute approximate surface area is 63.9 Å². The van der Waals surface area contributed by atoms with Gasteiger partial charge >= 0.3 is 0 Å². The second kappa shape index (κ2) is 4.19. The minimum absolute atomic E-state index is 0.440. The third kappa shape index (κ3) is 2.29. The summed E-state index contributed by atoms with van der Waals surface area (Å²) in [5.41, 5.74) is 1.24. The van der Waals surface area contributed by atoms with E-state index in [-0.39, 0.29) is 0 Å². The topological polar surface area (TPSA) is 29.1 Å². The van der Waals surface area contributed by atoms with E-state index in [1.165, 1.54) is 5.56 Å². The maximum absolute atomic E-state index is 9.87. The summed E-state index contributed by atoms with van der Waals surface area (Å²) in [7, 11) is 0. The van der Waals surface area contributed by atoms with Crippen LogP contribution >= 0.6 is 11.3 Å². The van der Waals surface area contributed by atoms with Crippen LogP contribution in [0.25, 0.3) is 0 Å². The summed E-state index contributed by atoms with van der Waals surface area (Å²) >= 11 is 1.67. The molecule has 1 aromatic rings. The summed E-state index contributed by atoms with van der Waals surface area (Å²) in [6, 6.07) is 2.04. The van der Waals surface area contributed by atoms with Crippen molar-refractivity contribution in [2.45, 2.75) is 6.54 Å². The van der Waals surface area contributed by atoms with Crippen molar-refractivity contribution in [1.82, 2.24) is 5.32 Å². The first-order valence-electron chi connectivity index (χ1n) is 3.09. The van der Waals surface area contributed by atoms with Crippen LogP contribution < -0.4 is 5.32 Å². The quantitative estimate of drug-likeness (QED) is 0.520. The Morgan fingerprint density at radius 1 is 1.70 bits per heavy atom. The molecule has 0 aliphatic rings. The van der Waals surface area contributed by atoms with Gasteiger partial charge in [0.05, 0.1) is 6.54 Å². The number of hydrogen-bond donors (Lipinski definition) is 1. The van der Waals surface area contributed by atoms with Crippen molar-refractivity contribution in [2.75, 3.05) is 6.54 Å². The van der Waals surface area contributed by atoms with Crippen LogP contribution in [0.4, 0.5) is 0 Å². The van der Waals surface area contributed by atoms with Crippen molar-refractivity contribution in [3.05, 3.63) is 22.4 Å². The van der Waals surface area contributed by atoms with E-state index >= 15 is 0 Å². The second-order valence-corrected chi connectivity index (χ2v) is 2.71. The number of aldehydes is 1. The van der Waals surface area contributed by atoms with Gasteiger partial charge in [0.25, 0.3) is 0 Å². The maximum atomic E-state index is 9.87. The van der Waals surface area contributed by atoms with E-state index in [0.29, 0.717) is 6.54 Å². The molecule has 0 spiro atoms. The SMILES string of the molecule is O=CCNCc1ccsc1. The van der Waals surface area contributed by atoms with Gasteiger partial charge in [-0.15, -0.1) is 0 Å². The van der Waals surface area contributed by atoms with Crippen LogP contribution in [0.15, 0.2) is 16.8 Å².